The highest BCUT2D eigenvalue weighted by molar-refractivity contribution is 6.06. The normalized spacial score (nSPS) is 18.1. The third-order valence-corrected chi connectivity index (χ3v) is 4.75. The summed E-state index contributed by atoms with van der Waals surface area (Å²) in [4.78, 5) is 16.8. The van der Waals surface area contributed by atoms with Crippen LogP contribution in [0.5, 0.6) is 0 Å². The van der Waals surface area contributed by atoms with Crippen LogP contribution in [0.2, 0.25) is 0 Å². The van der Waals surface area contributed by atoms with E-state index in [-0.39, 0.29) is 17.6 Å². The molecular weight excluding hydrogens is 341 g/mol. The second-order valence-corrected chi connectivity index (χ2v) is 6.42. The van der Waals surface area contributed by atoms with Crippen molar-refractivity contribution in [1.29, 1.82) is 0 Å². The van der Waals surface area contributed by atoms with Gasteiger partial charge < -0.3 is 9.80 Å². The predicted molar refractivity (Wildman–Crippen MR) is 95.2 cm³/mol. The Labute approximate surface area is 151 Å². The molecule has 1 amide bonds. The largest absolute Gasteiger partial charge is 0.416 e. The van der Waals surface area contributed by atoms with Crippen LogP contribution in [-0.4, -0.2) is 36.5 Å². The molecule has 1 unspecified atom stereocenters. The second-order valence-electron chi connectivity index (χ2n) is 6.42. The molecule has 1 fully saturated rings. The van der Waals surface area contributed by atoms with Crippen LogP contribution in [0.3, 0.4) is 0 Å². The van der Waals surface area contributed by atoms with Crippen molar-refractivity contribution in [3.63, 3.8) is 0 Å². The van der Waals surface area contributed by atoms with Crippen LogP contribution >= 0.6 is 0 Å². The molecule has 3 nitrogen and oxygen atoms in total. The maximum Gasteiger partial charge on any atom is 0.416 e. The standard InChI is InChI=1S/C20H21F3N2O/c1-2-24-12-11-18(14-24)25(19(26)15-7-4-3-5-8-15)17-10-6-9-16(13-17)20(21,22)23/h3-10,13,18H,2,11-12,14H2,1H3. The first-order valence-corrected chi connectivity index (χ1v) is 8.68. The molecule has 0 aliphatic carbocycles. The SMILES string of the molecule is CCN1CCC(N(C(=O)c2ccccc2)c2cccc(C(F)(F)F)c2)C1. The Morgan fingerprint density at radius 1 is 1.15 bits per heavy atom. The quantitative estimate of drug-likeness (QED) is 0.802. The smallest absolute Gasteiger partial charge is 0.304 e. The van der Waals surface area contributed by atoms with Crippen molar-refractivity contribution in [3.8, 4) is 0 Å². The van der Waals surface area contributed by atoms with E-state index in [1.165, 1.54) is 11.0 Å². The van der Waals surface area contributed by atoms with E-state index in [0.717, 1.165) is 31.6 Å². The van der Waals surface area contributed by atoms with Crippen molar-refractivity contribution in [1.82, 2.24) is 4.90 Å². The fourth-order valence-electron chi connectivity index (χ4n) is 3.36. The summed E-state index contributed by atoms with van der Waals surface area (Å²) in [5.74, 6) is -0.270. The van der Waals surface area contributed by atoms with E-state index in [0.29, 0.717) is 12.1 Å². The van der Waals surface area contributed by atoms with Crippen molar-refractivity contribution in [2.45, 2.75) is 25.6 Å². The molecule has 0 spiro atoms. The van der Waals surface area contributed by atoms with Crippen LogP contribution in [0.4, 0.5) is 18.9 Å². The second kappa shape index (κ2) is 7.50. The zero-order valence-electron chi connectivity index (χ0n) is 14.5. The number of halogens is 3. The molecule has 2 aromatic rings. The van der Waals surface area contributed by atoms with Crippen molar-refractivity contribution in [3.05, 3.63) is 65.7 Å². The fraction of sp³-hybridized carbons (Fsp3) is 0.350. The summed E-state index contributed by atoms with van der Waals surface area (Å²) in [6.45, 7) is 4.38. The summed E-state index contributed by atoms with van der Waals surface area (Å²) in [6.07, 6.45) is -3.70. The first kappa shape index (κ1) is 18.5. The van der Waals surface area contributed by atoms with Gasteiger partial charge in [-0.15, -0.1) is 0 Å². The minimum absolute atomic E-state index is 0.147. The van der Waals surface area contributed by atoms with Gasteiger partial charge in [0.2, 0.25) is 0 Å². The molecule has 0 N–H and O–H groups in total. The zero-order chi connectivity index (χ0) is 18.7. The van der Waals surface area contributed by atoms with Crippen LogP contribution in [0, 0.1) is 0 Å². The lowest BCUT2D eigenvalue weighted by Crippen LogP contribution is -2.42. The first-order chi connectivity index (χ1) is 12.4. The van der Waals surface area contributed by atoms with Crippen LogP contribution in [-0.2, 0) is 6.18 Å². The minimum atomic E-state index is -4.44. The lowest BCUT2D eigenvalue weighted by Gasteiger charge is -2.30. The van der Waals surface area contributed by atoms with Crippen molar-refractivity contribution in [2.75, 3.05) is 24.5 Å². The number of carbonyl (C=O) groups excluding carboxylic acids is 1. The lowest BCUT2D eigenvalue weighted by molar-refractivity contribution is -0.137. The number of hydrogen-bond acceptors (Lipinski definition) is 2. The number of hydrogen-bond donors (Lipinski definition) is 0. The summed E-state index contributed by atoms with van der Waals surface area (Å²) in [6, 6.07) is 13.6. The predicted octanol–water partition coefficient (Wildman–Crippen LogP) is 4.45. The van der Waals surface area contributed by atoms with E-state index >= 15 is 0 Å². The molecule has 1 atom stereocenters. The average molecular weight is 362 g/mol. The number of benzene rings is 2. The molecule has 1 saturated heterocycles. The molecular formula is C20H21F3N2O. The van der Waals surface area contributed by atoms with Crippen LogP contribution in [0.1, 0.15) is 29.3 Å². The maximum absolute atomic E-state index is 13.1. The van der Waals surface area contributed by atoms with Gasteiger partial charge in [0.25, 0.3) is 5.91 Å². The highest BCUT2D eigenvalue weighted by Gasteiger charge is 2.34. The Morgan fingerprint density at radius 3 is 2.50 bits per heavy atom. The van der Waals surface area contributed by atoms with Gasteiger partial charge in [0.1, 0.15) is 0 Å². The summed E-state index contributed by atoms with van der Waals surface area (Å²) in [5, 5.41) is 0. The van der Waals surface area contributed by atoms with Gasteiger partial charge >= 0.3 is 6.18 Å². The summed E-state index contributed by atoms with van der Waals surface area (Å²) < 4.78 is 39.4. The maximum atomic E-state index is 13.1. The third kappa shape index (κ3) is 3.90. The van der Waals surface area contributed by atoms with Gasteiger partial charge in [-0.3, -0.25) is 4.79 Å². The highest BCUT2D eigenvalue weighted by Crippen LogP contribution is 2.33. The van der Waals surface area contributed by atoms with Crippen molar-refractivity contribution >= 4 is 11.6 Å². The first-order valence-electron chi connectivity index (χ1n) is 8.68. The number of likely N-dealkylation sites (N-methyl/N-ethyl adjacent to an activating group) is 1. The van der Waals surface area contributed by atoms with Gasteiger partial charge in [0.05, 0.1) is 11.6 Å². The lowest BCUT2D eigenvalue weighted by atomic mass is 10.1. The molecule has 3 rings (SSSR count). The number of carbonyl (C=O) groups is 1. The topological polar surface area (TPSA) is 23.6 Å². The number of rotatable bonds is 4. The van der Waals surface area contributed by atoms with Gasteiger partial charge in [-0.2, -0.15) is 13.2 Å². The molecule has 0 saturated carbocycles. The summed E-state index contributed by atoms with van der Waals surface area (Å²) >= 11 is 0. The Morgan fingerprint density at radius 2 is 1.88 bits per heavy atom. The fourth-order valence-corrected chi connectivity index (χ4v) is 3.36. The average Bonchev–Trinajstić information content (AvgIpc) is 3.11. The molecule has 2 aromatic carbocycles. The van der Waals surface area contributed by atoms with E-state index < -0.39 is 11.7 Å². The highest BCUT2D eigenvalue weighted by atomic mass is 19.4. The monoisotopic (exact) mass is 362 g/mol. The molecule has 6 heteroatoms. The zero-order valence-corrected chi connectivity index (χ0v) is 14.5. The number of alkyl halides is 3. The summed E-state index contributed by atoms with van der Waals surface area (Å²) in [7, 11) is 0. The van der Waals surface area contributed by atoms with Crippen molar-refractivity contribution < 1.29 is 18.0 Å². The van der Waals surface area contributed by atoms with E-state index in [1.54, 1.807) is 36.4 Å². The Kier molecular flexibility index (Phi) is 5.32. The summed E-state index contributed by atoms with van der Waals surface area (Å²) in [5.41, 5.74) is 0.0164. The van der Waals surface area contributed by atoms with Gasteiger partial charge in [-0.1, -0.05) is 31.2 Å². The van der Waals surface area contributed by atoms with E-state index in [4.69, 9.17) is 0 Å². The van der Waals surface area contributed by atoms with Crippen LogP contribution in [0.15, 0.2) is 54.6 Å². The number of anilines is 1. The van der Waals surface area contributed by atoms with Crippen LogP contribution < -0.4 is 4.90 Å². The van der Waals surface area contributed by atoms with Crippen LogP contribution in [0.25, 0.3) is 0 Å². The number of amides is 1. The third-order valence-electron chi connectivity index (χ3n) is 4.75. The van der Waals surface area contributed by atoms with Gasteiger partial charge in [-0.05, 0) is 43.3 Å². The van der Waals surface area contributed by atoms with E-state index in [2.05, 4.69) is 4.90 Å². The number of likely N-dealkylation sites (tertiary alicyclic amines) is 1. The van der Waals surface area contributed by atoms with E-state index in [1.807, 2.05) is 6.92 Å². The molecule has 1 aliphatic heterocycles. The molecule has 1 heterocycles. The van der Waals surface area contributed by atoms with Gasteiger partial charge in [-0.25, -0.2) is 0 Å². The molecule has 1 aliphatic rings. The Hall–Kier alpha value is -2.34. The molecule has 0 bridgehead atoms. The minimum Gasteiger partial charge on any atom is -0.304 e. The molecule has 0 radical (unpaired) electrons. The Balaban J connectivity index is 2.00. The van der Waals surface area contributed by atoms with Gasteiger partial charge in [0.15, 0.2) is 0 Å². The molecule has 26 heavy (non-hydrogen) atoms. The van der Waals surface area contributed by atoms with E-state index in [9.17, 15) is 18.0 Å². The van der Waals surface area contributed by atoms with Gasteiger partial charge in [0, 0.05) is 24.3 Å². The number of nitrogens with zero attached hydrogens (tertiary/aromatic N) is 2. The Bertz CT molecular complexity index is 761. The molecule has 0 aromatic heterocycles. The molecule has 138 valence electrons. The van der Waals surface area contributed by atoms with Crippen molar-refractivity contribution in [2.24, 2.45) is 0 Å².